The lowest BCUT2D eigenvalue weighted by Gasteiger charge is -2.37. The molecular formula is C23H35N3O4. The molecule has 0 bridgehead atoms. The van der Waals surface area contributed by atoms with E-state index in [0.29, 0.717) is 29.4 Å². The lowest BCUT2D eigenvalue weighted by Crippen LogP contribution is -2.56. The fraction of sp³-hybridized carbons (Fsp3) is 0.565. The van der Waals surface area contributed by atoms with Crippen LogP contribution in [0.25, 0.3) is 0 Å². The van der Waals surface area contributed by atoms with Crippen LogP contribution in [0.3, 0.4) is 0 Å². The summed E-state index contributed by atoms with van der Waals surface area (Å²) in [4.78, 5) is 8.47. The Hall–Kier alpha value is -2.22. The highest BCUT2D eigenvalue weighted by atomic mass is 16.5. The molecule has 166 valence electrons. The van der Waals surface area contributed by atoms with Crippen LogP contribution in [0.5, 0.6) is 11.5 Å². The van der Waals surface area contributed by atoms with Crippen LogP contribution in [-0.2, 0) is 0 Å². The van der Waals surface area contributed by atoms with E-state index in [0.717, 1.165) is 18.6 Å². The smallest absolute Gasteiger partial charge is 0.142 e. The van der Waals surface area contributed by atoms with Crippen LogP contribution in [0, 0.1) is 13.8 Å². The van der Waals surface area contributed by atoms with Gasteiger partial charge in [0.1, 0.15) is 23.4 Å². The van der Waals surface area contributed by atoms with Crippen LogP contribution in [-0.4, -0.2) is 44.5 Å². The van der Waals surface area contributed by atoms with Gasteiger partial charge in [0.25, 0.3) is 0 Å². The number of rotatable bonds is 11. The molecule has 2 rings (SSSR count). The lowest BCUT2D eigenvalue weighted by molar-refractivity contribution is -0.0142. The van der Waals surface area contributed by atoms with Crippen LogP contribution in [0.15, 0.2) is 30.5 Å². The van der Waals surface area contributed by atoms with E-state index >= 15 is 0 Å². The summed E-state index contributed by atoms with van der Waals surface area (Å²) >= 11 is 0. The molecule has 0 spiro atoms. The predicted octanol–water partition coefficient (Wildman–Crippen LogP) is 3.24. The highest BCUT2D eigenvalue weighted by Crippen LogP contribution is 2.30. The molecule has 1 aromatic carbocycles. The number of hydrogen-bond acceptors (Lipinski definition) is 7. The van der Waals surface area contributed by atoms with Crippen molar-refractivity contribution < 1.29 is 19.7 Å². The number of ether oxygens (including phenoxy) is 2. The number of hydrogen-bond donors (Lipinski definition) is 3. The van der Waals surface area contributed by atoms with E-state index in [1.54, 1.807) is 39.1 Å². The standard InChI is InChI=1S/C23H35N3O4/c1-6-7-12-29-18-8-10-19(11-9-18)30-22(16(3)27)23(5,24)13-21(28)20-14-25-17(4)26-15(20)2/h8-11,14,16,21-22,27-28H,6-7,12-13,24H2,1-5H3. The summed E-state index contributed by atoms with van der Waals surface area (Å²) in [5, 5.41) is 21.1. The Morgan fingerprint density at radius 1 is 1.13 bits per heavy atom. The molecule has 0 aliphatic heterocycles. The normalized spacial score (nSPS) is 16.4. The second kappa shape index (κ2) is 10.7. The third kappa shape index (κ3) is 6.65. The molecule has 0 amide bonds. The van der Waals surface area contributed by atoms with Gasteiger partial charge in [0.05, 0.1) is 24.4 Å². The van der Waals surface area contributed by atoms with E-state index in [1.807, 2.05) is 19.1 Å². The van der Waals surface area contributed by atoms with Gasteiger partial charge in [-0.3, -0.25) is 0 Å². The fourth-order valence-corrected chi connectivity index (χ4v) is 3.44. The van der Waals surface area contributed by atoms with E-state index in [9.17, 15) is 10.2 Å². The number of unbranched alkanes of at least 4 members (excludes halogenated alkanes) is 1. The Balaban J connectivity index is 2.09. The second-order valence-electron chi connectivity index (χ2n) is 8.14. The average molecular weight is 418 g/mol. The van der Waals surface area contributed by atoms with Gasteiger partial charge >= 0.3 is 0 Å². The third-order valence-electron chi connectivity index (χ3n) is 5.07. The summed E-state index contributed by atoms with van der Waals surface area (Å²) in [6.07, 6.45) is 1.42. The molecule has 0 fully saturated rings. The molecule has 0 saturated carbocycles. The maximum absolute atomic E-state index is 10.8. The number of aliphatic hydroxyl groups excluding tert-OH is 2. The topological polar surface area (TPSA) is 111 Å². The lowest BCUT2D eigenvalue weighted by atomic mass is 9.84. The third-order valence-corrected chi connectivity index (χ3v) is 5.07. The monoisotopic (exact) mass is 417 g/mol. The summed E-state index contributed by atoms with van der Waals surface area (Å²) in [5.41, 5.74) is 6.84. The molecule has 0 aliphatic carbocycles. The summed E-state index contributed by atoms with van der Waals surface area (Å²) in [6.45, 7) is 9.81. The molecule has 0 radical (unpaired) electrons. The zero-order chi connectivity index (χ0) is 22.3. The van der Waals surface area contributed by atoms with Crippen LogP contribution in [0.2, 0.25) is 0 Å². The van der Waals surface area contributed by atoms with Gasteiger partial charge in [0, 0.05) is 17.5 Å². The number of benzene rings is 1. The minimum atomic E-state index is -1.01. The molecule has 1 aromatic heterocycles. The number of aliphatic hydroxyl groups is 2. The Bertz CT molecular complexity index is 794. The van der Waals surface area contributed by atoms with Crippen molar-refractivity contribution >= 4 is 0 Å². The zero-order valence-corrected chi connectivity index (χ0v) is 18.6. The molecule has 1 heterocycles. The predicted molar refractivity (Wildman–Crippen MR) is 117 cm³/mol. The molecular weight excluding hydrogens is 382 g/mol. The van der Waals surface area contributed by atoms with Crippen molar-refractivity contribution in [1.82, 2.24) is 9.97 Å². The number of nitrogens with zero attached hydrogens (tertiary/aromatic N) is 2. The SMILES string of the molecule is CCCCOc1ccc(OC(C(C)O)C(C)(N)CC(O)c2cnc(C)nc2C)cc1. The summed E-state index contributed by atoms with van der Waals surface area (Å²) < 4.78 is 11.7. The first-order chi connectivity index (χ1) is 14.1. The van der Waals surface area contributed by atoms with Crippen molar-refractivity contribution in [3.05, 3.63) is 47.5 Å². The van der Waals surface area contributed by atoms with Crippen molar-refractivity contribution in [2.24, 2.45) is 5.73 Å². The maximum Gasteiger partial charge on any atom is 0.142 e. The molecule has 0 saturated heterocycles. The number of aromatic nitrogens is 2. The van der Waals surface area contributed by atoms with Crippen LogP contribution < -0.4 is 15.2 Å². The van der Waals surface area contributed by atoms with Crippen molar-refractivity contribution in [2.45, 2.75) is 77.7 Å². The molecule has 7 nitrogen and oxygen atoms in total. The van der Waals surface area contributed by atoms with E-state index < -0.39 is 23.9 Å². The van der Waals surface area contributed by atoms with Crippen molar-refractivity contribution in [3.8, 4) is 11.5 Å². The van der Waals surface area contributed by atoms with Gasteiger partial charge in [-0.05, 0) is 64.8 Å². The van der Waals surface area contributed by atoms with Gasteiger partial charge in [-0.1, -0.05) is 13.3 Å². The first kappa shape index (κ1) is 24.1. The molecule has 7 heteroatoms. The van der Waals surface area contributed by atoms with Crippen LogP contribution >= 0.6 is 0 Å². The molecule has 2 aromatic rings. The average Bonchev–Trinajstić information content (AvgIpc) is 2.66. The van der Waals surface area contributed by atoms with Gasteiger partial charge in [-0.2, -0.15) is 0 Å². The van der Waals surface area contributed by atoms with E-state index in [1.165, 1.54) is 0 Å². The molecule has 4 atom stereocenters. The van der Waals surface area contributed by atoms with Gasteiger partial charge in [0.15, 0.2) is 0 Å². The first-order valence-corrected chi connectivity index (χ1v) is 10.5. The maximum atomic E-state index is 10.8. The number of aryl methyl sites for hydroxylation is 2. The van der Waals surface area contributed by atoms with Crippen LogP contribution in [0.1, 0.15) is 63.2 Å². The van der Waals surface area contributed by atoms with Crippen molar-refractivity contribution in [2.75, 3.05) is 6.61 Å². The Kier molecular flexibility index (Phi) is 8.58. The van der Waals surface area contributed by atoms with Crippen molar-refractivity contribution in [3.63, 3.8) is 0 Å². The molecule has 4 unspecified atom stereocenters. The van der Waals surface area contributed by atoms with Gasteiger partial charge < -0.3 is 25.4 Å². The van der Waals surface area contributed by atoms with Gasteiger partial charge in [-0.25, -0.2) is 9.97 Å². The summed E-state index contributed by atoms with van der Waals surface area (Å²) in [7, 11) is 0. The quantitative estimate of drug-likeness (QED) is 0.481. The molecule has 0 aliphatic rings. The number of nitrogens with two attached hydrogens (primary N) is 1. The second-order valence-corrected chi connectivity index (χ2v) is 8.14. The highest BCUT2D eigenvalue weighted by molar-refractivity contribution is 5.31. The first-order valence-electron chi connectivity index (χ1n) is 10.5. The Labute approximate surface area is 179 Å². The summed E-state index contributed by atoms with van der Waals surface area (Å²) in [6, 6.07) is 7.25. The van der Waals surface area contributed by atoms with Crippen LogP contribution in [0.4, 0.5) is 0 Å². The zero-order valence-electron chi connectivity index (χ0n) is 18.6. The summed E-state index contributed by atoms with van der Waals surface area (Å²) in [5.74, 6) is 1.99. The van der Waals surface area contributed by atoms with Crippen molar-refractivity contribution in [1.29, 1.82) is 0 Å². The van der Waals surface area contributed by atoms with E-state index in [2.05, 4.69) is 16.9 Å². The highest BCUT2D eigenvalue weighted by Gasteiger charge is 2.38. The molecule has 4 N–H and O–H groups in total. The largest absolute Gasteiger partial charge is 0.494 e. The van der Waals surface area contributed by atoms with Gasteiger partial charge in [-0.15, -0.1) is 0 Å². The minimum Gasteiger partial charge on any atom is -0.494 e. The van der Waals surface area contributed by atoms with E-state index in [4.69, 9.17) is 15.2 Å². The minimum absolute atomic E-state index is 0.175. The molecule has 30 heavy (non-hydrogen) atoms. The van der Waals surface area contributed by atoms with Gasteiger partial charge in [0.2, 0.25) is 0 Å². The Morgan fingerprint density at radius 2 is 1.77 bits per heavy atom. The van der Waals surface area contributed by atoms with E-state index in [-0.39, 0.29) is 6.42 Å². The fourth-order valence-electron chi connectivity index (χ4n) is 3.44. The Morgan fingerprint density at radius 3 is 2.33 bits per heavy atom.